The molecule has 1 atom stereocenters. The van der Waals surface area contributed by atoms with Crippen LogP contribution in [0.15, 0.2) is 77.7 Å². The summed E-state index contributed by atoms with van der Waals surface area (Å²) in [6.45, 7) is 1.10. The Morgan fingerprint density at radius 3 is 2.65 bits per heavy atom. The second kappa shape index (κ2) is 8.90. The molecule has 0 aliphatic carbocycles. The molecule has 1 aromatic heterocycles. The van der Waals surface area contributed by atoms with E-state index in [1.807, 2.05) is 24.3 Å². The first kappa shape index (κ1) is 22.1. The van der Waals surface area contributed by atoms with Crippen molar-refractivity contribution in [2.24, 2.45) is 0 Å². The summed E-state index contributed by atoms with van der Waals surface area (Å²) in [5.41, 5.74) is 2.40. The molecule has 1 aliphatic rings. The predicted octanol–water partition coefficient (Wildman–Crippen LogP) is 4.52. The molecule has 4 aromatic rings. The second-order valence-electron chi connectivity index (χ2n) is 8.37. The smallest absolute Gasteiger partial charge is 0.261 e. The highest BCUT2D eigenvalue weighted by atomic mass is 32.2. The van der Waals surface area contributed by atoms with Gasteiger partial charge in [0.05, 0.1) is 15.9 Å². The third-order valence-corrected chi connectivity index (χ3v) is 7.37. The van der Waals surface area contributed by atoms with Crippen LogP contribution in [0.3, 0.4) is 0 Å². The summed E-state index contributed by atoms with van der Waals surface area (Å²) in [7, 11) is -3.94. The highest BCUT2D eigenvalue weighted by molar-refractivity contribution is 7.92. The molecule has 1 aliphatic heterocycles. The number of aromatic nitrogens is 2. The Kier molecular flexibility index (Phi) is 5.79. The Morgan fingerprint density at radius 2 is 1.85 bits per heavy atom. The maximum absolute atomic E-state index is 13.3. The number of piperidine rings is 1. The molecule has 1 saturated heterocycles. The number of H-pyrrole nitrogens is 1. The van der Waals surface area contributed by atoms with Crippen LogP contribution >= 0.6 is 0 Å². The first-order valence-electron chi connectivity index (χ1n) is 11.0. The SMILES string of the molecule is O=C(c1cccc(S(=O)(=O)Nc2ccc(F)cc2)c1)N1CCCC(c2nc3ccccc3[nH]2)C1. The number of benzene rings is 3. The number of para-hydroxylation sites is 2. The number of nitrogens with one attached hydrogen (secondary N) is 2. The van der Waals surface area contributed by atoms with E-state index in [0.717, 1.165) is 29.7 Å². The molecule has 5 rings (SSSR count). The first-order valence-corrected chi connectivity index (χ1v) is 12.5. The monoisotopic (exact) mass is 478 g/mol. The molecule has 1 fully saturated rings. The molecular weight excluding hydrogens is 455 g/mol. The fourth-order valence-corrected chi connectivity index (χ4v) is 5.37. The average molecular weight is 479 g/mol. The maximum atomic E-state index is 13.3. The Bertz CT molecular complexity index is 1420. The fraction of sp³-hybridized carbons (Fsp3) is 0.200. The number of rotatable bonds is 5. The van der Waals surface area contributed by atoms with E-state index in [4.69, 9.17) is 4.98 Å². The van der Waals surface area contributed by atoms with E-state index in [9.17, 15) is 17.6 Å². The topological polar surface area (TPSA) is 95.2 Å². The molecule has 0 bridgehead atoms. The van der Waals surface area contributed by atoms with Gasteiger partial charge in [-0.25, -0.2) is 17.8 Å². The van der Waals surface area contributed by atoms with Crippen molar-refractivity contribution in [1.29, 1.82) is 0 Å². The minimum absolute atomic E-state index is 0.0338. The molecule has 2 N–H and O–H groups in total. The third-order valence-electron chi connectivity index (χ3n) is 5.99. The molecule has 1 unspecified atom stereocenters. The van der Waals surface area contributed by atoms with Crippen molar-refractivity contribution >= 4 is 32.7 Å². The third kappa shape index (κ3) is 4.51. The zero-order valence-electron chi connectivity index (χ0n) is 18.2. The lowest BCUT2D eigenvalue weighted by Crippen LogP contribution is -2.39. The molecule has 174 valence electrons. The number of carbonyl (C=O) groups excluding carboxylic acids is 1. The second-order valence-corrected chi connectivity index (χ2v) is 10.1. The number of anilines is 1. The van der Waals surface area contributed by atoms with Gasteiger partial charge >= 0.3 is 0 Å². The minimum atomic E-state index is -3.94. The van der Waals surface area contributed by atoms with Gasteiger partial charge in [-0.1, -0.05) is 18.2 Å². The Labute approximate surface area is 196 Å². The van der Waals surface area contributed by atoms with Gasteiger partial charge in [0.25, 0.3) is 15.9 Å². The van der Waals surface area contributed by atoms with Gasteiger partial charge < -0.3 is 9.88 Å². The van der Waals surface area contributed by atoms with Gasteiger partial charge in [0.1, 0.15) is 11.6 Å². The Hall–Kier alpha value is -3.72. The summed E-state index contributed by atoms with van der Waals surface area (Å²) in [4.78, 5) is 23.0. The number of likely N-dealkylation sites (tertiary alicyclic amines) is 1. The highest BCUT2D eigenvalue weighted by Crippen LogP contribution is 2.28. The molecule has 9 heteroatoms. The summed E-state index contributed by atoms with van der Waals surface area (Å²) in [5.74, 6) is 0.258. The van der Waals surface area contributed by atoms with Crippen molar-refractivity contribution in [3.63, 3.8) is 0 Å². The molecule has 0 radical (unpaired) electrons. The fourth-order valence-electron chi connectivity index (χ4n) is 4.26. The number of nitrogens with zero attached hydrogens (tertiary/aromatic N) is 2. The maximum Gasteiger partial charge on any atom is 0.261 e. The van der Waals surface area contributed by atoms with Crippen LogP contribution in [-0.4, -0.2) is 42.3 Å². The molecular formula is C25H23FN4O3S. The summed E-state index contributed by atoms with van der Waals surface area (Å²) in [5, 5.41) is 0. The van der Waals surface area contributed by atoms with Crippen LogP contribution in [0.1, 0.15) is 34.9 Å². The van der Waals surface area contributed by atoms with E-state index >= 15 is 0 Å². The van der Waals surface area contributed by atoms with Crippen LogP contribution in [0.2, 0.25) is 0 Å². The average Bonchev–Trinajstić information content (AvgIpc) is 3.30. The van der Waals surface area contributed by atoms with Crippen LogP contribution < -0.4 is 4.72 Å². The Balaban J connectivity index is 1.34. The van der Waals surface area contributed by atoms with Crippen LogP contribution in [0.25, 0.3) is 11.0 Å². The van der Waals surface area contributed by atoms with Crippen LogP contribution in [0, 0.1) is 5.82 Å². The molecule has 3 aromatic carbocycles. The molecule has 7 nitrogen and oxygen atoms in total. The summed E-state index contributed by atoms with van der Waals surface area (Å²) < 4.78 is 41.2. The van der Waals surface area contributed by atoms with Crippen molar-refractivity contribution in [1.82, 2.24) is 14.9 Å². The lowest BCUT2D eigenvalue weighted by atomic mass is 9.96. The highest BCUT2D eigenvalue weighted by Gasteiger charge is 2.28. The van der Waals surface area contributed by atoms with E-state index in [2.05, 4.69) is 9.71 Å². The van der Waals surface area contributed by atoms with E-state index < -0.39 is 15.8 Å². The lowest BCUT2D eigenvalue weighted by Gasteiger charge is -2.32. The molecule has 1 amide bonds. The number of hydrogen-bond donors (Lipinski definition) is 2. The predicted molar refractivity (Wildman–Crippen MR) is 128 cm³/mol. The zero-order valence-corrected chi connectivity index (χ0v) is 19.1. The number of halogens is 1. The molecule has 0 spiro atoms. The number of fused-ring (bicyclic) bond motifs is 1. The number of amides is 1. The standard InChI is InChI=1S/C25H23FN4O3S/c26-19-10-12-20(13-11-19)29-34(32,33)21-7-3-5-17(15-21)25(31)30-14-4-6-18(16-30)24-27-22-8-1-2-9-23(22)28-24/h1-3,5,7-13,15,18,29H,4,6,14,16H2,(H,27,28). The van der Waals surface area contributed by atoms with E-state index in [1.54, 1.807) is 17.0 Å². The van der Waals surface area contributed by atoms with E-state index in [0.29, 0.717) is 18.7 Å². The van der Waals surface area contributed by atoms with E-state index in [1.165, 1.54) is 36.4 Å². The summed E-state index contributed by atoms with van der Waals surface area (Å²) in [6, 6.07) is 18.8. The zero-order chi connectivity index (χ0) is 23.7. The van der Waals surface area contributed by atoms with Crippen LogP contribution in [0.4, 0.5) is 10.1 Å². The summed E-state index contributed by atoms with van der Waals surface area (Å²) in [6.07, 6.45) is 1.75. The summed E-state index contributed by atoms with van der Waals surface area (Å²) >= 11 is 0. The molecule has 34 heavy (non-hydrogen) atoms. The quantitative estimate of drug-likeness (QED) is 0.441. The number of aromatic amines is 1. The van der Waals surface area contributed by atoms with Gasteiger partial charge in [0.15, 0.2) is 0 Å². The van der Waals surface area contributed by atoms with Gasteiger partial charge in [0, 0.05) is 30.3 Å². The molecule has 2 heterocycles. The van der Waals surface area contributed by atoms with Crippen molar-refractivity contribution < 1.29 is 17.6 Å². The molecule has 0 saturated carbocycles. The number of sulfonamides is 1. The van der Waals surface area contributed by atoms with Crippen molar-refractivity contribution in [2.75, 3.05) is 17.8 Å². The first-order chi connectivity index (χ1) is 16.4. The lowest BCUT2D eigenvalue weighted by molar-refractivity contribution is 0.0704. The van der Waals surface area contributed by atoms with Gasteiger partial charge in [-0.05, 0) is 67.4 Å². The Morgan fingerprint density at radius 1 is 1.06 bits per heavy atom. The number of carbonyl (C=O) groups is 1. The van der Waals surface area contributed by atoms with Crippen molar-refractivity contribution in [3.05, 3.63) is 90.0 Å². The largest absolute Gasteiger partial charge is 0.342 e. The van der Waals surface area contributed by atoms with E-state index in [-0.39, 0.29) is 22.4 Å². The van der Waals surface area contributed by atoms with Gasteiger partial charge in [-0.2, -0.15) is 0 Å². The van der Waals surface area contributed by atoms with Gasteiger partial charge in [0.2, 0.25) is 0 Å². The van der Waals surface area contributed by atoms with Crippen molar-refractivity contribution in [2.45, 2.75) is 23.7 Å². The number of imidazole rings is 1. The van der Waals surface area contributed by atoms with Crippen LogP contribution in [0.5, 0.6) is 0 Å². The minimum Gasteiger partial charge on any atom is -0.342 e. The number of hydrogen-bond acceptors (Lipinski definition) is 4. The van der Waals surface area contributed by atoms with Gasteiger partial charge in [-0.3, -0.25) is 9.52 Å². The van der Waals surface area contributed by atoms with Gasteiger partial charge in [-0.15, -0.1) is 0 Å². The normalized spacial score (nSPS) is 16.5. The van der Waals surface area contributed by atoms with Crippen molar-refractivity contribution in [3.8, 4) is 0 Å². The van der Waals surface area contributed by atoms with Crippen LogP contribution in [-0.2, 0) is 10.0 Å².